The molecule has 0 aromatic heterocycles. The van der Waals surface area contributed by atoms with Gasteiger partial charge in [0.25, 0.3) is 5.52 Å². The van der Waals surface area contributed by atoms with Crippen LogP contribution in [0.2, 0.25) is 0 Å². The Labute approximate surface area is 139 Å². The number of phenols is 1. The fourth-order valence-electron chi connectivity index (χ4n) is 2.17. The average molecular weight is 350 g/mol. The van der Waals surface area contributed by atoms with Gasteiger partial charge in [0.05, 0.1) is 6.61 Å². The molecule has 0 unspecified atom stereocenters. The first-order valence-electron chi connectivity index (χ1n) is 7.45. The summed E-state index contributed by atoms with van der Waals surface area (Å²) in [7, 11) is -4.85. The quantitative estimate of drug-likeness (QED) is 0.663. The number of carbonyl (C=O) groups is 1. The summed E-state index contributed by atoms with van der Waals surface area (Å²) in [6.07, 6.45) is 1.23. The fraction of sp³-hybridized carbons (Fsp3) is 0.235. The molecule has 0 amide bonds. The Morgan fingerprint density at radius 3 is 2.38 bits per heavy atom. The molecular weight excluding hydrogens is 331 g/mol. The Hall–Kier alpha value is -2.14. The molecule has 24 heavy (non-hydrogen) atoms. The van der Waals surface area contributed by atoms with Crippen LogP contribution in [0.4, 0.5) is 0 Å². The molecule has 0 aliphatic carbocycles. The number of phenolic OH excluding ortho intramolecular Hbond substituents is 1. The second-order valence-electron chi connectivity index (χ2n) is 5.36. The number of carbonyl (C=O) groups excluding carboxylic acids is 1. The topological polar surface area (TPSA) is 104 Å². The van der Waals surface area contributed by atoms with Crippen LogP contribution in [0.15, 0.2) is 42.5 Å². The van der Waals surface area contributed by atoms with Gasteiger partial charge in [-0.05, 0) is 47.9 Å². The number of rotatable bonds is 7. The summed E-state index contributed by atoms with van der Waals surface area (Å²) in [5, 5.41) is 9.92. The monoisotopic (exact) mass is 350 g/mol. The van der Waals surface area contributed by atoms with E-state index in [4.69, 9.17) is 14.5 Å². The van der Waals surface area contributed by atoms with E-state index in [0.717, 1.165) is 17.7 Å². The summed E-state index contributed by atoms with van der Waals surface area (Å²) < 4.78 is 16.6. The summed E-state index contributed by atoms with van der Waals surface area (Å²) in [5.41, 5.74) is -0.0995. The summed E-state index contributed by atoms with van der Waals surface area (Å²) in [6, 6.07) is 11.1. The smallest absolute Gasteiger partial charge is 0.396 e. The van der Waals surface area contributed by atoms with Crippen molar-refractivity contribution in [3.8, 4) is 11.5 Å². The highest BCUT2D eigenvalue weighted by Crippen LogP contribution is 2.39. The molecule has 0 heterocycles. The third-order valence-electron chi connectivity index (χ3n) is 3.38. The number of benzene rings is 2. The number of aromatic hydroxyl groups is 1. The summed E-state index contributed by atoms with van der Waals surface area (Å²) in [4.78, 5) is 29.6. The molecule has 128 valence electrons. The molecule has 0 bridgehead atoms. The van der Waals surface area contributed by atoms with E-state index in [1.807, 2.05) is 31.2 Å². The van der Waals surface area contributed by atoms with Gasteiger partial charge in [-0.1, -0.05) is 19.1 Å². The van der Waals surface area contributed by atoms with Gasteiger partial charge in [-0.3, -0.25) is 9.36 Å². The summed E-state index contributed by atoms with van der Waals surface area (Å²) >= 11 is 0. The Morgan fingerprint density at radius 2 is 1.79 bits per heavy atom. The van der Waals surface area contributed by atoms with E-state index in [1.165, 1.54) is 18.2 Å². The van der Waals surface area contributed by atoms with E-state index >= 15 is 0 Å². The third-order valence-corrected chi connectivity index (χ3v) is 4.17. The Balaban J connectivity index is 2.20. The van der Waals surface area contributed by atoms with Crippen molar-refractivity contribution in [2.75, 3.05) is 6.61 Å². The van der Waals surface area contributed by atoms with Crippen molar-refractivity contribution in [3.63, 3.8) is 0 Å². The van der Waals surface area contributed by atoms with Crippen LogP contribution in [0.3, 0.4) is 0 Å². The van der Waals surface area contributed by atoms with Gasteiger partial charge in [0.15, 0.2) is 0 Å². The van der Waals surface area contributed by atoms with Crippen molar-refractivity contribution >= 4 is 13.1 Å². The largest absolute Gasteiger partial charge is 0.508 e. The maximum Gasteiger partial charge on any atom is 0.396 e. The van der Waals surface area contributed by atoms with Crippen molar-refractivity contribution in [1.82, 2.24) is 0 Å². The first-order chi connectivity index (χ1) is 11.3. The van der Waals surface area contributed by atoms with Crippen molar-refractivity contribution in [1.29, 1.82) is 0 Å². The van der Waals surface area contributed by atoms with Gasteiger partial charge < -0.3 is 19.6 Å². The normalized spacial score (nSPS) is 11.3. The standard InChI is InChI=1S/C17H19O6P/c1-2-9-23-15-6-3-12(4-7-15)10-14-11-13(5-8-16(14)18)17(19)24(20,21)22/h3-8,11,18H,2,9-10H2,1H3,(H2,20,21,22). The van der Waals surface area contributed by atoms with E-state index in [-0.39, 0.29) is 11.3 Å². The SMILES string of the molecule is CCCOc1ccc(Cc2cc(C(=O)P(=O)(O)O)ccc2O)cc1. The van der Waals surface area contributed by atoms with Gasteiger partial charge in [0, 0.05) is 12.0 Å². The average Bonchev–Trinajstić information content (AvgIpc) is 2.54. The second kappa shape index (κ2) is 7.62. The zero-order valence-corrected chi connectivity index (χ0v) is 14.1. The van der Waals surface area contributed by atoms with Crippen LogP contribution in [0, 0.1) is 0 Å². The van der Waals surface area contributed by atoms with Gasteiger partial charge in [-0.15, -0.1) is 0 Å². The molecule has 0 saturated carbocycles. The third kappa shape index (κ3) is 4.68. The molecule has 2 aromatic rings. The van der Waals surface area contributed by atoms with Gasteiger partial charge in [0.2, 0.25) is 0 Å². The Kier molecular flexibility index (Phi) is 5.78. The highest BCUT2D eigenvalue weighted by molar-refractivity contribution is 7.70. The maximum absolute atomic E-state index is 11.7. The predicted molar refractivity (Wildman–Crippen MR) is 89.5 cm³/mol. The van der Waals surface area contributed by atoms with Gasteiger partial charge in [-0.25, -0.2) is 0 Å². The van der Waals surface area contributed by atoms with Gasteiger partial charge >= 0.3 is 7.60 Å². The van der Waals surface area contributed by atoms with Crippen molar-refractivity contribution < 1.29 is 29.0 Å². The fourth-order valence-corrected chi connectivity index (χ4v) is 2.65. The minimum Gasteiger partial charge on any atom is -0.508 e. The van der Waals surface area contributed by atoms with Crippen LogP contribution in [-0.2, 0) is 11.0 Å². The van der Waals surface area contributed by atoms with Crippen molar-refractivity contribution in [3.05, 3.63) is 59.2 Å². The van der Waals surface area contributed by atoms with Crippen LogP contribution in [0.1, 0.15) is 34.8 Å². The minimum atomic E-state index is -4.85. The lowest BCUT2D eigenvalue weighted by molar-refractivity contribution is 0.104. The molecule has 0 aliphatic heterocycles. The molecule has 0 fully saturated rings. The summed E-state index contributed by atoms with van der Waals surface area (Å²) in [6.45, 7) is 2.65. The number of ether oxygens (including phenoxy) is 1. The molecule has 6 nitrogen and oxygen atoms in total. The van der Waals surface area contributed by atoms with E-state index in [9.17, 15) is 14.5 Å². The molecule has 3 N–H and O–H groups in total. The lowest BCUT2D eigenvalue weighted by atomic mass is 10.0. The van der Waals surface area contributed by atoms with Gasteiger partial charge in [0.1, 0.15) is 11.5 Å². The molecule has 0 atom stereocenters. The molecule has 2 rings (SSSR count). The molecule has 0 aliphatic rings. The van der Waals surface area contributed by atoms with Crippen LogP contribution in [-0.4, -0.2) is 27.0 Å². The molecular formula is C17H19O6P. The van der Waals surface area contributed by atoms with E-state index in [0.29, 0.717) is 18.6 Å². The highest BCUT2D eigenvalue weighted by atomic mass is 31.2. The zero-order valence-electron chi connectivity index (χ0n) is 13.2. The molecule has 0 radical (unpaired) electrons. The van der Waals surface area contributed by atoms with E-state index in [2.05, 4.69) is 0 Å². The van der Waals surface area contributed by atoms with Crippen molar-refractivity contribution in [2.45, 2.75) is 19.8 Å². The predicted octanol–water partition coefficient (Wildman–Crippen LogP) is 3.09. The highest BCUT2D eigenvalue weighted by Gasteiger charge is 2.27. The van der Waals surface area contributed by atoms with E-state index in [1.54, 1.807) is 0 Å². The number of hydrogen-bond acceptors (Lipinski definition) is 4. The molecule has 2 aromatic carbocycles. The molecule has 0 saturated heterocycles. The van der Waals surface area contributed by atoms with E-state index < -0.39 is 13.1 Å². The van der Waals surface area contributed by atoms with Crippen molar-refractivity contribution in [2.24, 2.45) is 0 Å². The zero-order chi connectivity index (χ0) is 17.7. The lowest BCUT2D eigenvalue weighted by Crippen LogP contribution is -2.01. The van der Waals surface area contributed by atoms with Gasteiger partial charge in [-0.2, -0.15) is 0 Å². The van der Waals surface area contributed by atoms with Crippen LogP contribution in [0.5, 0.6) is 11.5 Å². The first-order valence-corrected chi connectivity index (χ1v) is 9.06. The summed E-state index contributed by atoms with van der Waals surface area (Å²) in [5.74, 6) is 0.707. The molecule has 0 spiro atoms. The first kappa shape index (κ1) is 18.2. The maximum atomic E-state index is 11.7. The lowest BCUT2D eigenvalue weighted by Gasteiger charge is -2.09. The Bertz CT molecular complexity index is 763. The Morgan fingerprint density at radius 1 is 1.12 bits per heavy atom. The van der Waals surface area contributed by atoms with Crippen LogP contribution in [0.25, 0.3) is 0 Å². The number of hydrogen-bond donors (Lipinski definition) is 3. The molecule has 7 heteroatoms. The van der Waals surface area contributed by atoms with Crippen LogP contribution < -0.4 is 4.74 Å². The van der Waals surface area contributed by atoms with Crippen LogP contribution >= 0.6 is 7.60 Å². The second-order valence-corrected chi connectivity index (χ2v) is 6.86. The minimum absolute atomic E-state index is 0.0384.